The van der Waals surface area contributed by atoms with Crippen LogP contribution in [0.4, 0.5) is 0 Å². The van der Waals surface area contributed by atoms with Gasteiger partial charge in [0.25, 0.3) is 0 Å². The molecular formula is C21H29NO2S. The normalized spacial score (nSPS) is 12.4. The van der Waals surface area contributed by atoms with E-state index in [1.54, 1.807) is 18.0 Å². The lowest BCUT2D eigenvalue weighted by Gasteiger charge is -2.28. The fourth-order valence-corrected chi connectivity index (χ4v) is 3.64. The van der Waals surface area contributed by atoms with E-state index in [1.807, 2.05) is 18.3 Å². The number of thioether (sulfide) groups is 1. The first-order valence-corrected chi connectivity index (χ1v) is 9.67. The third kappa shape index (κ3) is 4.12. The van der Waals surface area contributed by atoms with Crippen LogP contribution in [-0.4, -0.2) is 21.6 Å². The summed E-state index contributed by atoms with van der Waals surface area (Å²) >= 11 is 1.65. The van der Waals surface area contributed by atoms with E-state index in [0.717, 1.165) is 21.8 Å². The molecule has 0 unspecified atom stereocenters. The number of H-pyrrole nitrogens is 1. The van der Waals surface area contributed by atoms with Crippen LogP contribution in [0.15, 0.2) is 29.4 Å². The van der Waals surface area contributed by atoms with E-state index in [0.29, 0.717) is 16.9 Å². The molecule has 4 heteroatoms. The van der Waals surface area contributed by atoms with E-state index < -0.39 is 0 Å². The van der Waals surface area contributed by atoms with Crippen molar-refractivity contribution in [2.24, 2.45) is 0 Å². The summed E-state index contributed by atoms with van der Waals surface area (Å²) in [6.45, 7) is 14.4. The molecule has 2 N–H and O–H groups in total. The summed E-state index contributed by atoms with van der Waals surface area (Å²) in [6.07, 6.45) is 3.64. The zero-order chi connectivity index (χ0) is 19.0. The summed E-state index contributed by atoms with van der Waals surface area (Å²) in [7, 11) is 0. The minimum atomic E-state index is -0.250. The number of phenolic OH excluding ortho intramolecular Hbond substituents is 1. The predicted molar refractivity (Wildman–Crippen MR) is 106 cm³/mol. The summed E-state index contributed by atoms with van der Waals surface area (Å²) in [4.78, 5) is 17.2. The Morgan fingerprint density at radius 1 is 1.04 bits per heavy atom. The van der Waals surface area contributed by atoms with Gasteiger partial charge in [-0.05, 0) is 28.7 Å². The second-order valence-electron chi connectivity index (χ2n) is 8.42. The molecule has 3 nitrogen and oxygen atoms in total. The Balaban J connectivity index is 2.65. The van der Waals surface area contributed by atoms with Crippen LogP contribution in [0.3, 0.4) is 0 Å². The lowest BCUT2D eigenvalue weighted by molar-refractivity contribution is 0.103. The molecule has 0 saturated carbocycles. The lowest BCUT2D eigenvalue weighted by Crippen LogP contribution is -2.19. The van der Waals surface area contributed by atoms with Gasteiger partial charge in [-0.25, -0.2) is 0 Å². The molecular weight excluding hydrogens is 330 g/mol. The summed E-state index contributed by atoms with van der Waals surface area (Å²) < 4.78 is 0. The van der Waals surface area contributed by atoms with E-state index in [2.05, 4.69) is 53.5 Å². The standard InChI is InChI=1S/C21H29NO2S/c1-8-25-17-12-22-11-14(17)18(23)13-9-15(20(2,3)4)19(24)16(10-13)21(5,6)7/h9-12,22,24H,8H2,1-7H3. The number of nitrogens with one attached hydrogen (secondary N) is 1. The minimum Gasteiger partial charge on any atom is -0.507 e. The maximum absolute atomic E-state index is 13.2. The van der Waals surface area contributed by atoms with Gasteiger partial charge in [-0.2, -0.15) is 0 Å². The van der Waals surface area contributed by atoms with Gasteiger partial charge in [0.05, 0.1) is 5.56 Å². The second-order valence-corrected chi connectivity index (χ2v) is 9.72. The Hall–Kier alpha value is -1.68. The summed E-state index contributed by atoms with van der Waals surface area (Å²) in [5.41, 5.74) is 2.44. The fraction of sp³-hybridized carbons (Fsp3) is 0.476. The van der Waals surface area contributed by atoms with Gasteiger partial charge in [-0.15, -0.1) is 11.8 Å². The highest BCUT2D eigenvalue weighted by Gasteiger charge is 2.28. The average Bonchev–Trinajstić information content (AvgIpc) is 2.93. The molecule has 25 heavy (non-hydrogen) atoms. The molecule has 0 radical (unpaired) electrons. The van der Waals surface area contributed by atoms with E-state index >= 15 is 0 Å². The van der Waals surface area contributed by atoms with Crippen molar-refractivity contribution in [1.82, 2.24) is 4.98 Å². The van der Waals surface area contributed by atoms with Crippen LogP contribution >= 0.6 is 11.8 Å². The third-order valence-electron chi connectivity index (χ3n) is 4.24. The summed E-state index contributed by atoms with van der Waals surface area (Å²) in [6, 6.07) is 3.70. The SMILES string of the molecule is CCSc1c[nH]cc1C(=O)c1cc(C(C)(C)C)c(O)c(C(C)(C)C)c1. The van der Waals surface area contributed by atoms with Crippen LogP contribution in [0.1, 0.15) is 75.5 Å². The third-order valence-corrected chi connectivity index (χ3v) is 5.18. The molecule has 0 amide bonds. The number of ketones is 1. The van der Waals surface area contributed by atoms with Crippen molar-refractivity contribution in [3.63, 3.8) is 0 Å². The highest BCUT2D eigenvalue weighted by Crippen LogP contribution is 2.40. The van der Waals surface area contributed by atoms with Crippen LogP contribution in [0.5, 0.6) is 5.75 Å². The van der Waals surface area contributed by atoms with Gasteiger partial charge in [-0.1, -0.05) is 48.5 Å². The maximum atomic E-state index is 13.2. The Kier molecular flexibility index (Phi) is 5.43. The van der Waals surface area contributed by atoms with Gasteiger partial charge < -0.3 is 10.1 Å². The first-order valence-electron chi connectivity index (χ1n) is 8.69. The smallest absolute Gasteiger partial charge is 0.195 e. The second kappa shape index (κ2) is 6.91. The quantitative estimate of drug-likeness (QED) is 0.547. The minimum absolute atomic E-state index is 0.00630. The number of phenols is 1. The summed E-state index contributed by atoms with van der Waals surface area (Å²) in [5.74, 6) is 1.20. The molecule has 0 atom stereocenters. The van der Waals surface area contributed by atoms with E-state index in [4.69, 9.17) is 0 Å². The van der Waals surface area contributed by atoms with Crippen molar-refractivity contribution < 1.29 is 9.90 Å². The number of aromatic amines is 1. The molecule has 0 aliphatic carbocycles. The fourth-order valence-electron chi connectivity index (χ4n) is 2.87. The molecule has 0 aliphatic heterocycles. The van der Waals surface area contributed by atoms with Crippen molar-refractivity contribution in [2.75, 3.05) is 5.75 Å². The van der Waals surface area contributed by atoms with Crippen LogP contribution in [0.2, 0.25) is 0 Å². The molecule has 2 aromatic rings. The first kappa shape index (κ1) is 19.6. The molecule has 1 aromatic carbocycles. The zero-order valence-corrected chi connectivity index (χ0v) is 17.1. The zero-order valence-electron chi connectivity index (χ0n) is 16.3. The van der Waals surface area contributed by atoms with E-state index in [9.17, 15) is 9.90 Å². The van der Waals surface area contributed by atoms with Gasteiger partial charge in [0.15, 0.2) is 5.78 Å². The maximum Gasteiger partial charge on any atom is 0.195 e. The number of benzene rings is 1. The van der Waals surface area contributed by atoms with E-state index in [1.165, 1.54) is 0 Å². The molecule has 136 valence electrons. The number of rotatable bonds is 4. The number of carbonyl (C=O) groups excluding carboxylic acids is 1. The van der Waals surface area contributed by atoms with Crippen molar-refractivity contribution in [1.29, 1.82) is 0 Å². The van der Waals surface area contributed by atoms with Crippen LogP contribution in [0, 0.1) is 0 Å². The number of hydrogen-bond acceptors (Lipinski definition) is 3. The number of aromatic hydroxyl groups is 1. The molecule has 0 fully saturated rings. The van der Waals surface area contributed by atoms with Crippen molar-refractivity contribution in [2.45, 2.75) is 64.2 Å². The molecule has 0 bridgehead atoms. The number of hydrogen-bond donors (Lipinski definition) is 2. The Bertz CT molecular complexity index is 741. The van der Waals surface area contributed by atoms with Crippen molar-refractivity contribution >= 4 is 17.5 Å². The van der Waals surface area contributed by atoms with Gasteiger partial charge in [-0.3, -0.25) is 4.79 Å². The molecule has 0 saturated heterocycles. The van der Waals surface area contributed by atoms with Gasteiger partial charge >= 0.3 is 0 Å². The van der Waals surface area contributed by atoms with Crippen LogP contribution in [0.25, 0.3) is 0 Å². The molecule has 0 spiro atoms. The highest BCUT2D eigenvalue weighted by molar-refractivity contribution is 7.99. The first-order chi connectivity index (χ1) is 11.5. The van der Waals surface area contributed by atoms with Crippen LogP contribution < -0.4 is 0 Å². The predicted octanol–water partition coefficient (Wildman–Crippen LogP) is 5.66. The van der Waals surface area contributed by atoms with E-state index in [-0.39, 0.29) is 16.6 Å². The molecule has 1 heterocycles. The van der Waals surface area contributed by atoms with Gasteiger partial charge in [0.2, 0.25) is 0 Å². The van der Waals surface area contributed by atoms with Gasteiger partial charge in [0.1, 0.15) is 5.75 Å². The Morgan fingerprint density at radius 3 is 2.00 bits per heavy atom. The van der Waals surface area contributed by atoms with Gasteiger partial charge in [0, 0.05) is 34.0 Å². The van der Waals surface area contributed by atoms with Crippen LogP contribution in [-0.2, 0) is 10.8 Å². The Morgan fingerprint density at radius 2 is 1.56 bits per heavy atom. The lowest BCUT2D eigenvalue weighted by atomic mass is 9.78. The monoisotopic (exact) mass is 359 g/mol. The largest absolute Gasteiger partial charge is 0.507 e. The number of carbonyl (C=O) groups is 1. The highest BCUT2D eigenvalue weighted by atomic mass is 32.2. The average molecular weight is 360 g/mol. The van der Waals surface area contributed by atoms with Crippen molar-refractivity contribution in [3.8, 4) is 5.75 Å². The Labute approximate surface area is 155 Å². The molecule has 1 aromatic heterocycles. The van der Waals surface area contributed by atoms with Crippen molar-refractivity contribution in [3.05, 3.63) is 46.8 Å². The number of aromatic nitrogens is 1. The topological polar surface area (TPSA) is 53.1 Å². The molecule has 0 aliphatic rings. The molecule has 2 rings (SSSR count). The summed E-state index contributed by atoms with van der Waals surface area (Å²) in [5, 5.41) is 10.8.